The zero-order valence-corrected chi connectivity index (χ0v) is 18.8. The van der Waals surface area contributed by atoms with Gasteiger partial charge in [-0.05, 0) is 53.2 Å². The molecule has 4 N–H and O–H groups in total. The van der Waals surface area contributed by atoms with Gasteiger partial charge in [0.2, 0.25) is 0 Å². The number of nitrogens with one attached hydrogen (secondary N) is 3. The van der Waals surface area contributed by atoms with Gasteiger partial charge in [-0.3, -0.25) is 0 Å². The summed E-state index contributed by atoms with van der Waals surface area (Å²) in [6, 6.07) is 6.18. The van der Waals surface area contributed by atoms with E-state index in [1.807, 2.05) is 24.3 Å². The second-order valence-electron chi connectivity index (χ2n) is 9.22. The first-order valence-electron chi connectivity index (χ1n) is 10.0. The van der Waals surface area contributed by atoms with Crippen molar-refractivity contribution in [2.24, 2.45) is 0 Å². The Morgan fingerprint density at radius 2 is 1.58 bits per heavy atom. The molecule has 0 bridgehead atoms. The summed E-state index contributed by atoms with van der Waals surface area (Å²) in [4.78, 5) is 39.2. The lowest BCUT2D eigenvalue weighted by Gasteiger charge is -2.22. The Balaban J connectivity index is 2.25. The number of H-pyrrole nitrogens is 1. The van der Waals surface area contributed by atoms with E-state index in [4.69, 9.17) is 9.47 Å². The molecule has 0 radical (unpaired) electrons. The first kappa shape index (κ1) is 24.0. The molecule has 0 aliphatic carbocycles. The average molecular weight is 434 g/mol. The number of aromatic nitrogens is 1. The van der Waals surface area contributed by atoms with E-state index in [1.54, 1.807) is 41.5 Å². The van der Waals surface area contributed by atoms with Gasteiger partial charge in [-0.15, -0.1) is 0 Å². The number of hydrogen-bond acceptors (Lipinski definition) is 5. The van der Waals surface area contributed by atoms with E-state index in [-0.39, 0.29) is 13.0 Å². The van der Waals surface area contributed by atoms with Crippen molar-refractivity contribution in [3.05, 3.63) is 35.5 Å². The summed E-state index contributed by atoms with van der Waals surface area (Å²) in [6.45, 7) is 10.5. The van der Waals surface area contributed by atoms with Gasteiger partial charge in [0.15, 0.2) is 0 Å². The van der Waals surface area contributed by atoms with E-state index in [9.17, 15) is 19.5 Å². The number of carboxylic acid groups (broad SMARTS) is 1. The molecule has 0 unspecified atom stereocenters. The molecule has 9 heteroatoms. The molecule has 1 aromatic carbocycles. The van der Waals surface area contributed by atoms with E-state index in [2.05, 4.69) is 15.6 Å². The Bertz CT molecular complexity index is 952. The number of aliphatic carboxylic acids is 1. The van der Waals surface area contributed by atoms with Crippen LogP contribution in [0.5, 0.6) is 0 Å². The van der Waals surface area contributed by atoms with Crippen molar-refractivity contribution in [3.63, 3.8) is 0 Å². The molecule has 2 rings (SSSR count). The van der Waals surface area contributed by atoms with E-state index >= 15 is 0 Å². The molecular formula is C22H31N3O6. The number of amides is 2. The van der Waals surface area contributed by atoms with Crippen molar-refractivity contribution in [2.75, 3.05) is 0 Å². The maximum absolute atomic E-state index is 12.1. The Morgan fingerprint density at radius 1 is 1.00 bits per heavy atom. The predicted octanol–water partition coefficient (Wildman–Crippen LogP) is 3.71. The number of ether oxygens (including phenoxy) is 2. The lowest BCUT2D eigenvalue weighted by Crippen LogP contribution is -2.44. The van der Waals surface area contributed by atoms with Crippen LogP contribution in [-0.2, 0) is 27.2 Å². The van der Waals surface area contributed by atoms with Crippen molar-refractivity contribution < 1.29 is 29.0 Å². The van der Waals surface area contributed by atoms with Crippen LogP contribution in [0.3, 0.4) is 0 Å². The summed E-state index contributed by atoms with van der Waals surface area (Å²) in [5.41, 5.74) is 0.703. The molecule has 0 spiro atoms. The molecule has 9 nitrogen and oxygen atoms in total. The minimum Gasteiger partial charge on any atom is -0.480 e. The third-order valence-electron chi connectivity index (χ3n) is 4.11. The molecule has 0 saturated heterocycles. The summed E-state index contributed by atoms with van der Waals surface area (Å²) >= 11 is 0. The highest BCUT2D eigenvalue weighted by atomic mass is 16.6. The van der Waals surface area contributed by atoms with Gasteiger partial charge in [-0.25, -0.2) is 14.4 Å². The highest BCUT2D eigenvalue weighted by molar-refractivity contribution is 5.87. The SMILES string of the molecule is CC(C)(C)OC(=O)NCc1[nH]c2ccccc2c1C[C@H](NC(=O)OC(C)(C)C)C(=O)O. The largest absolute Gasteiger partial charge is 0.480 e. The fourth-order valence-electron chi connectivity index (χ4n) is 2.97. The predicted molar refractivity (Wildman–Crippen MR) is 116 cm³/mol. The van der Waals surface area contributed by atoms with Crippen LogP contribution in [0.15, 0.2) is 24.3 Å². The normalized spacial score (nSPS) is 12.8. The van der Waals surface area contributed by atoms with Gasteiger partial charge in [-0.2, -0.15) is 0 Å². The van der Waals surface area contributed by atoms with E-state index in [0.717, 1.165) is 10.9 Å². The highest BCUT2D eigenvalue weighted by Gasteiger charge is 2.27. The van der Waals surface area contributed by atoms with Crippen LogP contribution in [0, 0.1) is 0 Å². The zero-order chi connectivity index (χ0) is 23.4. The summed E-state index contributed by atoms with van der Waals surface area (Å²) in [5.74, 6) is -1.19. The van der Waals surface area contributed by atoms with Crippen LogP contribution in [0.1, 0.15) is 52.8 Å². The third-order valence-corrected chi connectivity index (χ3v) is 4.11. The molecule has 31 heavy (non-hydrogen) atoms. The molecule has 1 atom stereocenters. The molecule has 1 aromatic heterocycles. The van der Waals surface area contributed by atoms with Gasteiger partial charge >= 0.3 is 18.2 Å². The lowest BCUT2D eigenvalue weighted by atomic mass is 10.0. The van der Waals surface area contributed by atoms with Gasteiger partial charge in [0.25, 0.3) is 0 Å². The van der Waals surface area contributed by atoms with Crippen molar-refractivity contribution in [1.29, 1.82) is 0 Å². The van der Waals surface area contributed by atoms with Crippen LogP contribution >= 0.6 is 0 Å². The maximum Gasteiger partial charge on any atom is 0.408 e. The minimum atomic E-state index is -1.21. The van der Waals surface area contributed by atoms with Crippen molar-refractivity contribution in [2.45, 2.75) is 71.8 Å². The number of carbonyl (C=O) groups excluding carboxylic acids is 2. The second kappa shape index (κ2) is 9.28. The average Bonchev–Trinajstić information content (AvgIpc) is 2.94. The van der Waals surface area contributed by atoms with Crippen molar-refractivity contribution in [1.82, 2.24) is 15.6 Å². The summed E-state index contributed by atoms with van der Waals surface area (Å²) in [6.07, 6.45) is -1.39. The second-order valence-corrected chi connectivity index (χ2v) is 9.22. The Hall–Kier alpha value is -3.23. The van der Waals surface area contributed by atoms with Gasteiger partial charge in [0.05, 0.1) is 6.54 Å². The zero-order valence-electron chi connectivity index (χ0n) is 18.8. The smallest absolute Gasteiger partial charge is 0.408 e. The van der Waals surface area contributed by atoms with Gasteiger partial charge in [-0.1, -0.05) is 18.2 Å². The van der Waals surface area contributed by atoms with Gasteiger partial charge < -0.3 is 30.2 Å². The van der Waals surface area contributed by atoms with E-state index in [1.165, 1.54) is 0 Å². The molecule has 0 aliphatic heterocycles. The number of hydrogen-bond donors (Lipinski definition) is 4. The summed E-state index contributed by atoms with van der Waals surface area (Å²) in [5, 5.41) is 15.6. The maximum atomic E-state index is 12.1. The Morgan fingerprint density at radius 3 is 2.16 bits per heavy atom. The number of rotatable bonds is 6. The Labute approximate surface area is 181 Å². The minimum absolute atomic E-state index is 0.00389. The monoisotopic (exact) mass is 433 g/mol. The molecule has 0 aliphatic rings. The molecule has 2 amide bonds. The van der Waals surface area contributed by atoms with Crippen LogP contribution in [0.25, 0.3) is 10.9 Å². The van der Waals surface area contributed by atoms with Crippen LogP contribution < -0.4 is 10.6 Å². The third kappa shape index (κ3) is 7.51. The fraction of sp³-hybridized carbons (Fsp3) is 0.500. The lowest BCUT2D eigenvalue weighted by molar-refractivity contribution is -0.139. The summed E-state index contributed by atoms with van der Waals surface area (Å²) < 4.78 is 10.4. The molecular weight excluding hydrogens is 402 g/mol. The molecule has 2 aromatic rings. The molecule has 0 fully saturated rings. The van der Waals surface area contributed by atoms with Crippen LogP contribution in [-0.4, -0.2) is 45.5 Å². The van der Waals surface area contributed by atoms with Crippen LogP contribution in [0.2, 0.25) is 0 Å². The first-order chi connectivity index (χ1) is 14.2. The number of carbonyl (C=O) groups is 3. The van der Waals surface area contributed by atoms with Crippen molar-refractivity contribution in [3.8, 4) is 0 Å². The van der Waals surface area contributed by atoms with E-state index < -0.39 is 35.4 Å². The number of benzene rings is 1. The Kier molecular flexibility index (Phi) is 7.20. The first-order valence-corrected chi connectivity index (χ1v) is 10.0. The number of para-hydroxylation sites is 1. The molecule has 170 valence electrons. The molecule has 0 saturated carbocycles. The fourth-order valence-corrected chi connectivity index (χ4v) is 2.97. The number of carboxylic acids is 1. The number of fused-ring (bicyclic) bond motifs is 1. The van der Waals surface area contributed by atoms with E-state index in [0.29, 0.717) is 11.3 Å². The van der Waals surface area contributed by atoms with Crippen molar-refractivity contribution >= 4 is 29.1 Å². The van der Waals surface area contributed by atoms with Gasteiger partial charge in [0.1, 0.15) is 17.2 Å². The standard InChI is InChI=1S/C22H31N3O6/c1-21(2,3)30-19(28)23-12-17-14(13-9-7-8-10-15(13)24-17)11-16(18(26)27)25-20(29)31-22(4,5)6/h7-10,16,24H,11-12H2,1-6H3,(H,23,28)(H,25,29)(H,26,27)/t16-/m0/s1. The quantitative estimate of drug-likeness (QED) is 0.549. The van der Waals surface area contributed by atoms with Gasteiger partial charge in [0, 0.05) is 23.0 Å². The summed E-state index contributed by atoms with van der Waals surface area (Å²) in [7, 11) is 0. The van der Waals surface area contributed by atoms with Crippen LogP contribution in [0.4, 0.5) is 9.59 Å². The highest BCUT2D eigenvalue weighted by Crippen LogP contribution is 2.24. The molecule has 1 heterocycles. The number of alkyl carbamates (subject to hydrolysis) is 2. The topological polar surface area (TPSA) is 130 Å². The number of aromatic amines is 1.